The number of thiocarbonyl (C=S) groups is 1. The second-order valence-corrected chi connectivity index (χ2v) is 11.5. The average Bonchev–Trinajstić information content (AvgIpc) is 2.94. The molecule has 0 heterocycles. The van der Waals surface area contributed by atoms with Gasteiger partial charge in [-0.3, -0.25) is 4.79 Å². The Hall–Kier alpha value is -3.64. The predicted octanol–water partition coefficient (Wildman–Crippen LogP) is 6.50. The smallest absolute Gasteiger partial charge is 0.351 e. The van der Waals surface area contributed by atoms with Crippen molar-refractivity contribution in [2.45, 2.75) is 55.7 Å². The zero-order valence-electron chi connectivity index (χ0n) is 23.5. The van der Waals surface area contributed by atoms with Crippen LogP contribution in [-0.2, 0) is 17.1 Å². The minimum atomic E-state index is -5.00. The van der Waals surface area contributed by atoms with E-state index >= 15 is 0 Å². The molecule has 0 radical (unpaired) electrons. The normalized spacial score (nSPS) is 21.5. The molecule has 3 N–H and O–H groups in total. The summed E-state index contributed by atoms with van der Waals surface area (Å²) in [4.78, 5) is 15.8. The van der Waals surface area contributed by atoms with Gasteiger partial charge in [0.15, 0.2) is 5.11 Å². The maximum Gasteiger partial charge on any atom is 0.416 e. The molecule has 5 nitrogen and oxygen atoms in total. The molecular weight excluding hydrogens is 590 g/mol. The minimum absolute atomic E-state index is 0.0113. The van der Waals surface area contributed by atoms with Crippen LogP contribution in [0.1, 0.15) is 58.6 Å². The van der Waals surface area contributed by atoms with Crippen LogP contribution >= 0.6 is 12.2 Å². The summed E-state index contributed by atoms with van der Waals surface area (Å²) in [5, 5.41) is 8.12. The van der Waals surface area contributed by atoms with E-state index < -0.39 is 35.2 Å². The third-order valence-electron chi connectivity index (χ3n) is 8.18. The molecule has 0 saturated heterocycles. The number of anilines is 1. The minimum Gasteiger partial charge on any atom is -0.351 e. The highest BCUT2D eigenvalue weighted by Crippen LogP contribution is 2.53. The molecule has 228 valence electrons. The first-order valence-electron chi connectivity index (χ1n) is 13.7. The standard InChI is InChI=1S/C31H30F6N4OS/c1-4-23(39-29(43)38-18-14-16(30(32,33)34)13-17(15-18)31(35,36)37)28(42)40-26-24-19-9-5-7-11-21(19)25(27(26)41(2)3)22-12-8-6-10-20(22)24/h5-15,23-27H,4H2,1-3H3,(H,40,42)(H2,38,39,43). The number of rotatable bonds is 6. The molecule has 0 saturated carbocycles. The van der Waals surface area contributed by atoms with Crippen LogP contribution in [0.15, 0.2) is 66.7 Å². The Morgan fingerprint density at radius 3 is 1.72 bits per heavy atom. The van der Waals surface area contributed by atoms with Crippen molar-refractivity contribution in [1.29, 1.82) is 0 Å². The number of carbonyl (C=O) groups is 1. The summed E-state index contributed by atoms with van der Waals surface area (Å²) < 4.78 is 79.8. The number of nitrogens with one attached hydrogen (secondary N) is 3. The second-order valence-electron chi connectivity index (χ2n) is 11.1. The molecular formula is C31H30F6N4OS. The van der Waals surface area contributed by atoms with E-state index in [1.54, 1.807) is 6.92 Å². The number of likely N-dealkylation sites (N-methyl/N-ethyl adjacent to an activating group) is 1. The van der Waals surface area contributed by atoms with Crippen molar-refractivity contribution in [3.63, 3.8) is 0 Å². The monoisotopic (exact) mass is 620 g/mol. The summed E-state index contributed by atoms with van der Waals surface area (Å²) in [5.41, 5.74) is 1.26. The average molecular weight is 621 g/mol. The zero-order chi connectivity index (χ0) is 31.3. The van der Waals surface area contributed by atoms with Gasteiger partial charge in [0.25, 0.3) is 0 Å². The van der Waals surface area contributed by atoms with E-state index in [1.165, 1.54) is 11.1 Å². The highest BCUT2D eigenvalue weighted by Gasteiger charge is 2.51. The van der Waals surface area contributed by atoms with Gasteiger partial charge in [0.2, 0.25) is 5.91 Å². The van der Waals surface area contributed by atoms with Gasteiger partial charge in [0.1, 0.15) is 6.04 Å². The van der Waals surface area contributed by atoms with Crippen molar-refractivity contribution in [3.8, 4) is 0 Å². The van der Waals surface area contributed by atoms with Crippen molar-refractivity contribution >= 4 is 28.9 Å². The van der Waals surface area contributed by atoms with Crippen LogP contribution in [0.25, 0.3) is 0 Å². The number of benzene rings is 3. The lowest BCUT2D eigenvalue weighted by Gasteiger charge is -2.53. The summed E-state index contributed by atoms with van der Waals surface area (Å²) >= 11 is 5.22. The van der Waals surface area contributed by atoms with Crippen molar-refractivity contribution < 1.29 is 31.1 Å². The first-order valence-corrected chi connectivity index (χ1v) is 14.1. The number of hydrogen-bond donors (Lipinski definition) is 3. The summed E-state index contributed by atoms with van der Waals surface area (Å²) in [6, 6.07) is 16.2. The number of hydrogen-bond acceptors (Lipinski definition) is 3. The Labute approximate surface area is 250 Å². The van der Waals surface area contributed by atoms with Crippen LogP contribution in [0.3, 0.4) is 0 Å². The Balaban J connectivity index is 1.38. The Bertz CT molecular complexity index is 1460. The molecule has 12 heteroatoms. The zero-order valence-corrected chi connectivity index (χ0v) is 24.3. The van der Waals surface area contributed by atoms with Crippen molar-refractivity contribution in [2.24, 2.45) is 0 Å². The van der Waals surface area contributed by atoms with E-state index in [0.717, 1.165) is 11.1 Å². The van der Waals surface area contributed by atoms with Gasteiger partial charge in [-0.25, -0.2) is 0 Å². The largest absolute Gasteiger partial charge is 0.416 e. The van der Waals surface area contributed by atoms with Gasteiger partial charge in [0, 0.05) is 23.6 Å². The molecule has 3 aliphatic carbocycles. The Morgan fingerprint density at radius 1 is 0.837 bits per heavy atom. The number of amides is 1. The molecule has 0 spiro atoms. The highest BCUT2D eigenvalue weighted by molar-refractivity contribution is 7.80. The number of halogens is 6. The van der Waals surface area contributed by atoms with Gasteiger partial charge in [-0.05, 0) is 73.2 Å². The van der Waals surface area contributed by atoms with E-state index in [1.807, 2.05) is 38.4 Å². The van der Waals surface area contributed by atoms with E-state index in [0.29, 0.717) is 12.1 Å². The Kier molecular flexibility index (Phi) is 8.21. The lowest BCUT2D eigenvalue weighted by atomic mass is 9.59. The summed E-state index contributed by atoms with van der Waals surface area (Å²) in [6.45, 7) is 1.73. The van der Waals surface area contributed by atoms with Gasteiger partial charge >= 0.3 is 12.4 Å². The van der Waals surface area contributed by atoms with Crippen LogP contribution in [0, 0.1) is 0 Å². The van der Waals surface area contributed by atoms with Crippen molar-refractivity contribution in [1.82, 2.24) is 15.5 Å². The number of fused-ring (bicyclic) bond motifs is 1. The lowest BCUT2D eigenvalue weighted by Crippen LogP contribution is -2.62. The molecule has 1 amide bonds. The summed E-state index contributed by atoms with van der Waals surface area (Å²) in [7, 11) is 3.93. The van der Waals surface area contributed by atoms with Crippen LogP contribution < -0.4 is 16.0 Å². The molecule has 3 unspecified atom stereocenters. The third kappa shape index (κ3) is 5.95. The quantitative estimate of drug-likeness (QED) is 0.217. The molecule has 0 aromatic heterocycles. The highest BCUT2D eigenvalue weighted by atomic mass is 32.1. The molecule has 3 aromatic rings. The maximum absolute atomic E-state index is 13.7. The molecule has 43 heavy (non-hydrogen) atoms. The molecule has 3 aliphatic rings. The van der Waals surface area contributed by atoms with Gasteiger partial charge in [0.05, 0.1) is 17.2 Å². The fraction of sp³-hybridized carbons (Fsp3) is 0.355. The third-order valence-corrected chi connectivity index (χ3v) is 8.40. The van der Waals surface area contributed by atoms with Gasteiger partial charge in [-0.15, -0.1) is 0 Å². The molecule has 3 atom stereocenters. The number of alkyl halides is 6. The summed E-state index contributed by atoms with van der Waals surface area (Å²) in [6.07, 6.45) is -9.75. The molecule has 6 rings (SSSR count). The molecule has 2 bridgehead atoms. The fourth-order valence-electron chi connectivity index (χ4n) is 6.41. The first kappa shape index (κ1) is 30.8. The van der Waals surface area contributed by atoms with E-state index in [2.05, 4.69) is 45.1 Å². The van der Waals surface area contributed by atoms with E-state index in [9.17, 15) is 31.1 Å². The maximum atomic E-state index is 13.7. The topological polar surface area (TPSA) is 56.4 Å². The van der Waals surface area contributed by atoms with Crippen molar-refractivity contribution in [2.75, 3.05) is 19.4 Å². The predicted molar refractivity (Wildman–Crippen MR) is 156 cm³/mol. The van der Waals surface area contributed by atoms with Crippen LogP contribution in [0.5, 0.6) is 0 Å². The lowest BCUT2D eigenvalue weighted by molar-refractivity contribution is -0.143. The molecule has 0 aliphatic heterocycles. The van der Waals surface area contributed by atoms with E-state index in [-0.39, 0.29) is 47.4 Å². The number of carbonyl (C=O) groups excluding carboxylic acids is 1. The van der Waals surface area contributed by atoms with Crippen LogP contribution in [0.2, 0.25) is 0 Å². The van der Waals surface area contributed by atoms with Gasteiger partial charge < -0.3 is 20.9 Å². The molecule has 3 aromatic carbocycles. The van der Waals surface area contributed by atoms with Crippen LogP contribution in [-0.4, -0.2) is 48.1 Å². The fourth-order valence-corrected chi connectivity index (χ4v) is 6.67. The summed E-state index contributed by atoms with van der Waals surface area (Å²) in [5.74, 6) is -0.495. The SMILES string of the molecule is CCC(NC(=S)Nc1cc(C(F)(F)F)cc(C(F)(F)F)c1)C(=O)NC1C2c3ccccc3C(c3ccccc32)C1N(C)C. The van der Waals surface area contributed by atoms with E-state index in [4.69, 9.17) is 12.2 Å². The van der Waals surface area contributed by atoms with Gasteiger partial charge in [-0.1, -0.05) is 55.5 Å². The number of nitrogens with zero attached hydrogens (tertiary/aromatic N) is 1. The Morgan fingerprint density at radius 2 is 1.30 bits per heavy atom. The molecule has 0 fully saturated rings. The van der Waals surface area contributed by atoms with Crippen LogP contribution in [0.4, 0.5) is 32.0 Å². The first-order chi connectivity index (χ1) is 20.2. The van der Waals surface area contributed by atoms with Gasteiger partial charge in [-0.2, -0.15) is 26.3 Å². The van der Waals surface area contributed by atoms with Crippen molar-refractivity contribution in [3.05, 3.63) is 100 Å². The second kappa shape index (κ2) is 11.5.